The van der Waals surface area contributed by atoms with Crippen molar-refractivity contribution in [2.24, 2.45) is 0 Å². The predicted octanol–water partition coefficient (Wildman–Crippen LogP) is 3.21. The lowest BCUT2D eigenvalue weighted by molar-refractivity contribution is -0.150. The van der Waals surface area contributed by atoms with Gasteiger partial charge in [-0.2, -0.15) is 0 Å². The fourth-order valence-electron chi connectivity index (χ4n) is 2.68. The van der Waals surface area contributed by atoms with Crippen LogP contribution in [-0.4, -0.2) is 48.7 Å². The van der Waals surface area contributed by atoms with Crippen molar-refractivity contribution in [1.29, 1.82) is 0 Å². The number of likely N-dealkylation sites (N-methyl/N-ethyl adjacent to an activating group) is 1. The summed E-state index contributed by atoms with van der Waals surface area (Å²) in [7, 11) is 0. The number of carbonyl (C=O) groups is 1. The minimum Gasteiger partial charge on any atom is -0.465 e. The molecular formula is C17H36N2O2. The average Bonchev–Trinajstić information content (AvgIpc) is 2.47. The molecule has 0 bridgehead atoms. The first kappa shape index (κ1) is 20.4. The quantitative estimate of drug-likeness (QED) is 0.444. The number of hydrogen-bond acceptors (Lipinski definition) is 4. The van der Waals surface area contributed by atoms with Crippen molar-refractivity contribution in [3.8, 4) is 0 Å². The smallest absolute Gasteiger partial charge is 0.326 e. The van der Waals surface area contributed by atoms with E-state index in [0.29, 0.717) is 12.6 Å². The maximum absolute atomic E-state index is 12.1. The van der Waals surface area contributed by atoms with Gasteiger partial charge in [0, 0.05) is 6.04 Å². The molecule has 0 amide bonds. The fourth-order valence-corrected chi connectivity index (χ4v) is 2.68. The Morgan fingerprint density at radius 3 is 2.38 bits per heavy atom. The molecule has 0 rings (SSSR count). The first-order chi connectivity index (χ1) is 9.95. The third kappa shape index (κ3) is 7.28. The van der Waals surface area contributed by atoms with E-state index >= 15 is 0 Å². The number of hydrogen-bond donors (Lipinski definition) is 1. The number of nitrogens with one attached hydrogen (secondary N) is 1. The van der Waals surface area contributed by atoms with E-state index < -0.39 is 5.54 Å². The Morgan fingerprint density at radius 2 is 1.90 bits per heavy atom. The molecule has 0 aromatic heterocycles. The summed E-state index contributed by atoms with van der Waals surface area (Å²) in [5, 5.41) is 3.29. The molecule has 0 saturated carbocycles. The summed E-state index contributed by atoms with van der Waals surface area (Å²) in [6, 6.07) is 0.639. The molecule has 0 aliphatic carbocycles. The standard InChI is InChI=1S/C17H36N2O2/c1-7-15(5)19(9-3)14-12-11-13-17(6,18-8-2)16(20)21-10-4/h15,18H,7-14H2,1-6H3. The molecule has 0 spiro atoms. The molecule has 0 aromatic carbocycles. The zero-order valence-electron chi connectivity index (χ0n) is 15.0. The van der Waals surface area contributed by atoms with Crippen molar-refractivity contribution in [2.75, 3.05) is 26.2 Å². The Labute approximate surface area is 131 Å². The van der Waals surface area contributed by atoms with Gasteiger partial charge in [0.15, 0.2) is 0 Å². The van der Waals surface area contributed by atoms with Crippen molar-refractivity contribution >= 4 is 5.97 Å². The molecule has 1 N–H and O–H groups in total. The van der Waals surface area contributed by atoms with Crippen LogP contribution in [0.15, 0.2) is 0 Å². The third-order valence-electron chi connectivity index (χ3n) is 4.29. The summed E-state index contributed by atoms with van der Waals surface area (Å²) < 4.78 is 5.20. The van der Waals surface area contributed by atoms with Crippen LogP contribution in [0.2, 0.25) is 0 Å². The summed E-state index contributed by atoms with van der Waals surface area (Å²) in [5.41, 5.74) is -0.543. The summed E-state index contributed by atoms with van der Waals surface area (Å²) in [4.78, 5) is 14.6. The summed E-state index contributed by atoms with van der Waals surface area (Å²) in [5.74, 6) is -0.124. The lowest BCUT2D eigenvalue weighted by Gasteiger charge is -2.30. The molecular weight excluding hydrogens is 264 g/mol. The van der Waals surface area contributed by atoms with Crippen molar-refractivity contribution < 1.29 is 9.53 Å². The zero-order chi connectivity index (χ0) is 16.3. The van der Waals surface area contributed by atoms with Gasteiger partial charge >= 0.3 is 5.97 Å². The average molecular weight is 300 g/mol. The normalized spacial score (nSPS) is 15.8. The van der Waals surface area contributed by atoms with Crippen LogP contribution < -0.4 is 5.32 Å². The van der Waals surface area contributed by atoms with Crippen LogP contribution in [0, 0.1) is 0 Å². The summed E-state index contributed by atoms with van der Waals surface area (Å²) in [6.45, 7) is 16.0. The van der Waals surface area contributed by atoms with Crippen LogP contribution >= 0.6 is 0 Å². The Hall–Kier alpha value is -0.610. The predicted molar refractivity (Wildman–Crippen MR) is 89.6 cm³/mol. The SMILES string of the molecule is CCNC(C)(CCCCN(CC)C(C)CC)C(=O)OCC. The maximum atomic E-state index is 12.1. The highest BCUT2D eigenvalue weighted by atomic mass is 16.5. The van der Waals surface area contributed by atoms with Crippen LogP contribution in [0.5, 0.6) is 0 Å². The molecule has 0 fully saturated rings. The van der Waals surface area contributed by atoms with Crippen LogP contribution in [0.25, 0.3) is 0 Å². The van der Waals surface area contributed by atoms with E-state index in [1.807, 2.05) is 20.8 Å². The summed E-state index contributed by atoms with van der Waals surface area (Å²) in [6.07, 6.45) is 4.18. The van der Waals surface area contributed by atoms with Gasteiger partial charge in [0.2, 0.25) is 0 Å². The molecule has 21 heavy (non-hydrogen) atoms. The van der Waals surface area contributed by atoms with Gasteiger partial charge in [-0.05, 0) is 66.1 Å². The van der Waals surface area contributed by atoms with E-state index in [0.717, 1.165) is 38.9 Å². The van der Waals surface area contributed by atoms with E-state index in [-0.39, 0.29) is 5.97 Å². The van der Waals surface area contributed by atoms with Gasteiger partial charge in [0.05, 0.1) is 6.61 Å². The highest BCUT2D eigenvalue weighted by Gasteiger charge is 2.33. The first-order valence-corrected chi connectivity index (χ1v) is 8.61. The van der Waals surface area contributed by atoms with E-state index in [9.17, 15) is 4.79 Å². The van der Waals surface area contributed by atoms with Crippen LogP contribution in [0.4, 0.5) is 0 Å². The highest BCUT2D eigenvalue weighted by Crippen LogP contribution is 2.17. The topological polar surface area (TPSA) is 41.6 Å². The zero-order valence-corrected chi connectivity index (χ0v) is 15.0. The van der Waals surface area contributed by atoms with Gasteiger partial charge in [0.25, 0.3) is 0 Å². The fraction of sp³-hybridized carbons (Fsp3) is 0.941. The number of nitrogens with zero attached hydrogens (tertiary/aromatic N) is 1. The first-order valence-electron chi connectivity index (χ1n) is 8.61. The van der Waals surface area contributed by atoms with Gasteiger partial charge in [0.1, 0.15) is 5.54 Å². The molecule has 4 heteroatoms. The van der Waals surface area contributed by atoms with Gasteiger partial charge < -0.3 is 15.0 Å². The van der Waals surface area contributed by atoms with E-state index in [4.69, 9.17) is 4.74 Å². The molecule has 0 aromatic rings. The second kappa shape index (κ2) is 11.0. The second-order valence-corrected chi connectivity index (χ2v) is 5.93. The Morgan fingerprint density at radius 1 is 1.24 bits per heavy atom. The molecule has 2 unspecified atom stereocenters. The van der Waals surface area contributed by atoms with Gasteiger partial charge in [-0.1, -0.05) is 20.8 Å². The van der Waals surface area contributed by atoms with Crippen LogP contribution in [-0.2, 0) is 9.53 Å². The second-order valence-electron chi connectivity index (χ2n) is 5.93. The molecule has 126 valence electrons. The third-order valence-corrected chi connectivity index (χ3v) is 4.29. The molecule has 0 heterocycles. The Bertz CT molecular complexity index is 284. The monoisotopic (exact) mass is 300 g/mol. The highest BCUT2D eigenvalue weighted by molar-refractivity contribution is 5.80. The molecule has 4 nitrogen and oxygen atoms in total. The van der Waals surface area contributed by atoms with Gasteiger partial charge in [-0.3, -0.25) is 4.79 Å². The van der Waals surface area contributed by atoms with E-state index in [1.54, 1.807) is 0 Å². The molecule has 2 atom stereocenters. The lowest BCUT2D eigenvalue weighted by atomic mass is 9.94. The van der Waals surface area contributed by atoms with Crippen molar-refractivity contribution in [3.05, 3.63) is 0 Å². The molecule has 0 aliphatic heterocycles. The molecule has 0 saturated heterocycles. The largest absolute Gasteiger partial charge is 0.465 e. The Balaban J connectivity index is 4.28. The van der Waals surface area contributed by atoms with E-state index in [2.05, 4.69) is 31.0 Å². The molecule has 0 radical (unpaired) electrons. The van der Waals surface area contributed by atoms with Gasteiger partial charge in [-0.15, -0.1) is 0 Å². The van der Waals surface area contributed by atoms with Crippen LogP contribution in [0.3, 0.4) is 0 Å². The minimum absolute atomic E-state index is 0.124. The lowest BCUT2D eigenvalue weighted by Crippen LogP contribution is -2.50. The summed E-state index contributed by atoms with van der Waals surface area (Å²) >= 11 is 0. The number of ether oxygens (including phenoxy) is 1. The number of carbonyl (C=O) groups excluding carboxylic acids is 1. The van der Waals surface area contributed by atoms with Crippen molar-refractivity contribution in [1.82, 2.24) is 10.2 Å². The Kier molecular flexibility index (Phi) is 10.7. The number of unbranched alkanes of at least 4 members (excludes halogenated alkanes) is 1. The van der Waals surface area contributed by atoms with Crippen molar-refractivity contribution in [3.63, 3.8) is 0 Å². The maximum Gasteiger partial charge on any atom is 0.326 e. The van der Waals surface area contributed by atoms with Crippen molar-refractivity contribution in [2.45, 2.75) is 78.8 Å². The van der Waals surface area contributed by atoms with Gasteiger partial charge in [-0.25, -0.2) is 0 Å². The number of rotatable bonds is 12. The molecule has 0 aliphatic rings. The van der Waals surface area contributed by atoms with E-state index in [1.165, 1.54) is 6.42 Å². The van der Waals surface area contributed by atoms with Crippen LogP contribution in [0.1, 0.15) is 67.2 Å². The number of esters is 1. The minimum atomic E-state index is -0.543.